The largest absolute Gasteiger partial charge is 0.390 e. The average Bonchev–Trinajstić information content (AvgIpc) is 2.04. The molecule has 0 spiro atoms. The van der Waals surface area contributed by atoms with Crippen molar-refractivity contribution in [1.82, 2.24) is 0 Å². The Balaban J connectivity index is 0.000000500. The number of hydrogen-bond acceptors (Lipinski definition) is 3. The van der Waals surface area contributed by atoms with Crippen molar-refractivity contribution in [3.05, 3.63) is 16.6 Å². The van der Waals surface area contributed by atoms with E-state index in [1.165, 1.54) is 5.57 Å². The summed E-state index contributed by atoms with van der Waals surface area (Å²) in [6.45, 7) is 5.99. The molecule has 14 heavy (non-hydrogen) atoms. The van der Waals surface area contributed by atoms with Gasteiger partial charge in [-0.2, -0.15) is 0 Å². The van der Waals surface area contributed by atoms with Crippen molar-refractivity contribution in [2.75, 3.05) is 0 Å². The van der Waals surface area contributed by atoms with Crippen LogP contribution in [0.25, 0.3) is 0 Å². The highest BCUT2D eigenvalue weighted by atomic mass is 35.5. The van der Waals surface area contributed by atoms with Crippen LogP contribution in [0.1, 0.15) is 40.0 Å². The van der Waals surface area contributed by atoms with E-state index in [2.05, 4.69) is 24.8 Å². The second-order valence-electron chi connectivity index (χ2n) is 4.24. The highest BCUT2D eigenvalue weighted by Crippen LogP contribution is 2.31. The number of allylic oxidation sites excluding steroid dienone is 2. The third-order valence-electron chi connectivity index (χ3n) is 2.64. The second-order valence-corrected chi connectivity index (χ2v) is 4.38. The smallest absolute Gasteiger partial charge is 0.0835 e. The quantitative estimate of drug-likeness (QED) is 0.543. The van der Waals surface area contributed by atoms with E-state index in [0.29, 0.717) is 5.92 Å². The molecule has 1 unspecified atom stereocenters. The fourth-order valence-corrected chi connectivity index (χ4v) is 1.61. The minimum absolute atomic E-state index is 0.464. The summed E-state index contributed by atoms with van der Waals surface area (Å²) >= 11 is 4.07. The van der Waals surface area contributed by atoms with E-state index in [1.54, 1.807) is 4.70 Å². The van der Waals surface area contributed by atoms with Gasteiger partial charge in [0, 0.05) is 4.70 Å². The summed E-state index contributed by atoms with van der Waals surface area (Å²) in [5, 5.41) is 9.70. The Labute approximate surface area is 90.2 Å². The van der Waals surface area contributed by atoms with Crippen LogP contribution in [0.4, 0.5) is 0 Å². The fourth-order valence-electron chi connectivity index (χ4n) is 1.61. The summed E-state index contributed by atoms with van der Waals surface area (Å²) < 4.78 is 1.72. The van der Waals surface area contributed by atoms with E-state index in [9.17, 15) is 5.11 Å². The molecule has 0 saturated carbocycles. The maximum Gasteiger partial charge on any atom is 0.0835 e. The summed E-state index contributed by atoms with van der Waals surface area (Å²) in [5.74, 6) is 0.464. The molecule has 0 bridgehead atoms. The Morgan fingerprint density at radius 3 is 2.43 bits per heavy atom. The number of aliphatic hydroxyl groups is 1. The highest BCUT2D eigenvalue weighted by Gasteiger charge is 2.27. The lowest BCUT2D eigenvalue weighted by Gasteiger charge is -2.31. The SMILES string of the molecule is CC1=CCC(C(C)(C)O)CC1.O=NCl. The minimum Gasteiger partial charge on any atom is -0.390 e. The third-order valence-corrected chi connectivity index (χ3v) is 2.64. The summed E-state index contributed by atoms with van der Waals surface area (Å²) in [4.78, 5) is 8.32. The lowest BCUT2D eigenvalue weighted by atomic mass is 9.80. The lowest BCUT2D eigenvalue weighted by molar-refractivity contribution is 0.0126. The predicted molar refractivity (Wildman–Crippen MR) is 59.0 cm³/mol. The third kappa shape index (κ3) is 5.35. The van der Waals surface area contributed by atoms with Crippen molar-refractivity contribution in [1.29, 1.82) is 0 Å². The molecule has 0 amide bonds. The van der Waals surface area contributed by atoms with Crippen LogP contribution in [0.2, 0.25) is 0 Å². The molecule has 0 aromatic heterocycles. The van der Waals surface area contributed by atoms with Gasteiger partial charge in [0.2, 0.25) is 0 Å². The summed E-state index contributed by atoms with van der Waals surface area (Å²) in [7, 11) is 0. The number of rotatable bonds is 1. The Morgan fingerprint density at radius 2 is 2.14 bits per heavy atom. The Morgan fingerprint density at radius 1 is 1.64 bits per heavy atom. The van der Waals surface area contributed by atoms with Gasteiger partial charge in [0.05, 0.1) is 17.4 Å². The van der Waals surface area contributed by atoms with Crippen LogP contribution in [-0.2, 0) is 0 Å². The molecule has 0 radical (unpaired) electrons. The van der Waals surface area contributed by atoms with Crippen molar-refractivity contribution in [2.24, 2.45) is 10.6 Å². The van der Waals surface area contributed by atoms with Gasteiger partial charge in [-0.25, -0.2) is 0 Å². The molecule has 1 rings (SSSR count). The van der Waals surface area contributed by atoms with Crippen LogP contribution < -0.4 is 0 Å². The average molecular weight is 220 g/mol. The van der Waals surface area contributed by atoms with Gasteiger partial charge in [0.15, 0.2) is 0 Å². The molecule has 1 aliphatic rings. The summed E-state index contributed by atoms with van der Waals surface area (Å²) in [6.07, 6.45) is 5.61. The van der Waals surface area contributed by atoms with E-state index in [1.807, 2.05) is 13.8 Å². The Kier molecular flexibility index (Phi) is 5.96. The molecule has 0 aromatic carbocycles. The van der Waals surface area contributed by atoms with Gasteiger partial charge in [0.25, 0.3) is 0 Å². The van der Waals surface area contributed by atoms with Crippen LogP contribution in [0.15, 0.2) is 16.3 Å². The first-order valence-electron chi connectivity index (χ1n) is 4.73. The number of hydrogen-bond donors (Lipinski definition) is 1. The van der Waals surface area contributed by atoms with Crippen molar-refractivity contribution in [2.45, 2.75) is 45.6 Å². The predicted octanol–water partition coefficient (Wildman–Crippen LogP) is 3.41. The zero-order chi connectivity index (χ0) is 11.2. The Bertz CT molecular complexity index is 209. The zero-order valence-electron chi connectivity index (χ0n) is 8.96. The van der Waals surface area contributed by atoms with E-state index < -0.39 is 5.60 Å². The maximum absolute atomic E-state index is 9.70. The molecule has 0 aliphatic heterocycles. The van der Waals surface area contributed by atoms with E-state index in [4.69, 9.17) is 4.91 Å². The van der Waals surface area contributed by atoms with Crippen molar-refractivity contribution >= 4 is 11.8 Å². The van der Waals surface area contributed by atoms with Gasteiger partial charge in [-0.05, 0) is 46.0 Å². The minimum atomic E-state index is -0.489. The first kappa shape index (κ1) is 13.6. The maximum atomic E-state index is 9.70. The first-order valence-corrected chi connectivity index (χ1v) is 5.07. The molecule has 0 heterocycles. The number of nitrogens with zero attached hydrogens (tertiary/aromatic N) is 1. The monoisotopic (exact) mass is 219 g/mol. The van der Waals surface area contributed by atoms with Gasteiger partial charge in [-0.15, -0.1) is 4.91 Å². The van der Waals surface area contributed by atoms with Gasteiger partial charge in [-0.1, -0.05) is 11.6 Å². The fraction of sp³-hybridized carbons (Fsp3) is 0.800. The molecule has 3 nitrogen and oxygen atoms in total. The van der Waals surface area contributed by atoms with E-state index >= 15 is 0 Å². The lowest BCUT2D eigenvalue weighted by Crippen LogP contribution is -2.31. The normalized spacial score (nSPS) is 21.8. The van der Waals surface area contributed by atoms with Crippen molar-refractivity contribution < 1.29 is 5.11 Å². The molecule has 1 atom stereocenters. The van der Waals surface area contributed by atoms with Crippen LogP contribution in [0, 0.1) is 10.8 Å². The van der Waals surface area contributed by atoms with Crippen LogP contribution in [0.3, 0.4) is 0 Å². The number of halogens is 1. The second kappa shape index (κ2) is 6.14. The van der Waals surface area contributed by atoms with E-state index in [-0.39, 0.29) is 0 Å². The van der Waals surface area contributed by atoms with Gasteiger partial charge < -0.3 is 5.11 Å². The first-order chi connectivity index (χ1) is 6.41. The Hall–Kier alpha value is -0.410. The molecule has 1 N–H and O–H groups in total. The topological polar surface area (TPSA) is 49.7 Å². The van der Waals surface area contributed by atoms with Gasteiger partial charge in [-0.3, -0.25) is 0 Å². The van der Waals surface area contributed by atoms with Crippen molar-refractivity contribution in [3.63, 3.8) is 0 Å². The molecule has 1 aliphatic carbocycles. The van der Waals surface area contributed by atoms with Gasteiger partial charge in [0.1, 0.15) is 0 Å². The van der Waals surface area contributed by atoms with E-state index in [0.717, 1.165) is 19.3 Å². The number of nitroso groups, excluding NO2 is 1. The molecule has 0 saturated heterocycles. The van der Waals surface area contributed by atoms with Crippen LogP contribution >= 0.6 is 11.8 Å². The molecule has 4 heteroatoms. The van der Waals surface area contributed by atoms with Crippen LogP contribution in [-0.4, -0.2) is 10.7 Å². The standard InChI is InChI=1S/C10H18O.ClNO/c1-8-4-6-9(7-5-8)10(2,3)11;1-2-3/h4,9,11H,5-7H2,1-3H3;. The molecular weight excluding hydrogens is 202 g/mol. The van der Waals surface area contributed by atoms with Crippen molar-refractivity contribution in [3.8, 4) is 0 Å². The van der Waals surface area contributed by atoms with Crippen LogP contribution in [0.5, 0.6) is 0 Å². The van der Waals surface area contributed by atoms with Gasteiger partial charge >= 0.3 is 0 Å². The zero-order valence-corrected chi connectivity index (χ0v) is 9.71. The molecule has 0 aromatic rings. The molecule has 0 fully saturated rings. The molecular formula is C10H18ClNO2. The summed E-state index contributed by atoms with van der Waals surface area (Å²) in [6, 6.07) is 0. The summed E-state index contributed by atoms with van der Waals surface area (Å²) in [5.41, 5.74) is 0.988. The highest BCUT2D eigenvalue weighted by molar-refractivity contribution is 6.14. The molecule has 82 valence electrons.